The number of carbonyl (C=O) groups is 3. The highest BCUT2D eigenvalue weighted by Gasteiger charge is 2.31. The third-order valence-corrected chi connectivity index (χ3v) is 7.22. The van der Waals surface area contributed by atoms with Gasteiger partial charge < -0.3 is 30.8 Å². The first-order chi connectivity index (χ1) is 19.2. The Kier molecular flexibility index (Phi) is 7.70. The molecule has 4 aromatic rings. The average molecular weight is 542 g/mol. The van der Waals surface area contributed by atoms with Gasteiger partial charge in [0.15, 0.2) is 5.82 Å². The number of carbonyl (C=O) groups excluding carboxylic acids is 3. The quantitative estimate of drug-likeness (QED) is 0.258. The van der Waals surface area contributed by atoms with Crippen molar-refractivity contribution in [2.45, 2.75) is 50.7 Å². The van der Waals surface area contributed by atoms with Crippen molar-refractivity contribution in [2.24, 2.45) is 5.73 Å². The van der Waals surface area contributed by atoms with Crippen molar-refractivity contribution in [1.29, 1.82) is 0 Å². The number of likely N-dealkylation sites (tertiary alicyclic amines) is 1. The van der Waals surface area contributed by atoms with Crippen LogP contribution in [0, 0.1) is 0 Å². The molecule has 0 spiro atoms. The van der Waals surface area contributed by atoms with Crippen molar-refractivity contribution in [3.8, 4) is 0 Å². The number of fused-ring (bicyclic) bond motifs is 1. The summed E-state index contributed by atoms with van der Waals surface area (Å²) in [7, 11) is 0. The lowest BCUT2D eigenvalue weighted by atomic mass is 10.0. The van der Waals surface area contributed by atoms with E-state index in [2.05, 4.69) is 20.6 Å². The fraction of sp³-hybridized carbons (Fsp3) is 0.333. The molecule has 2 atom stereocenters. The zero-order chi connectivity index (χ0) is 28.3. The molecule has 1 aliphatic heterocycles. The van der Waals surface area contributed by atoms with E-state index in [0.29, 0.717) is 0 Å². The summed E-state index contributed by atoms with van der Waals surface area (Å²) in [4.78, 5) is 49.3. The predicted octanol–water partition coefficient (Wildman–Crippen LogP) is 2.98. The maximum Gasteiger partial charge on any atom is 0.250 e. The SMILES string of the molecule is CC(C)(N)C(=O)NC(Cc1c[nH]c2ccccc12)C(=O)Nc1cn(C(C(=O)N2CCCC2)c2ccccc2)cn1. The van der Waals surface area contributed by atoms with Crippen molar-refractivity contribution >= 4 is 34.4 Å². The van der Waals surface area contributed by atoms with Crippen LogP contribution in [-0.4, -0.2) is 61.8 Å². The Morgan fingerprint density at radius 1 is 1.05 bits per heavy atom. The number of benzene rings is 2. The van der Waals surface area contributed by atoms with E-state index in [-0.39, 0.29) is 18.1 Å². The first kappa shape index (κ1) is 27.1. The van der Waals surface area contributed by atoms with Gasteiger partial charge in [-0.2, -0.15) is 0 Å². The van der Waals surface area contributed by atoms with Gasteiger partial charge in [-0.25, -0.2) is 4.98 Å². The van der Waals surface area contributed by atoms with Gasteiger partial charge in [0.05, 0.1) is 11.9 Å². The number of imidazole rings is 1. The number of nitrogens with one attached hydrogen (secondary N) is 3. The van der Waals surface area contributed by atoms with E-state index in [1.165, 1.54) is 0 Å². The van der Waals surface area contributed by atoms with Gasteiger partial charge in [0.25, 0.3) is 0 Å². The maximum absolute atomic E-state index is 13.5. The Balaban J connectivity index is 1.39. The molecule has 1 aliphatic rings. The van der Waals surface area contributed by atoms with Crippen LogP contribution in [0.25, 0.3) is 10.9 Å². The number of hydrogen-bond donors (Lipinski definition) is 4. The van der Waals surface area contributed by atoms with Gasteiger partial charge in [-0.1, -0.05) is 48.5 Å². The van der Waals surface area contributed by atoms with Gasteiger partial charge in [-0.15, -0.1) is 0 Å². The van der Waals surface area contributed by atoms with Crippen molar-refractivity contribution in [1.82, 2.24) is 24.8 Å². The molecule has 0 radical (unpaired) electrons. The molecule has 0 saturated carbocycles. The molecule has 1 saturated heterocycles. The third kappa shape index (κ3) is 5.91. The van der Waals surface area contributed by atoms with Crippen LogP contribution < -0.4 is 16.4 Å². The van der Waals surface area contributed by atoms with Gasteiger partial charge >= 0.3 is 0 Å². The van der Waals surface area contributed by atoms with E-state index >= 15 is 0 Å². The normalized spacial score (nSPS) is 15.1. The smallest absolute Gasteiger partial charge is 0.250 e. The summed E-state index contributed by atoms with van der Waals surface area (Å²) in [5.74, 6) is -0.604. The van der Waals surface area contributed by atoms with Crippen molar-refractivity contribution < 1.29 is 14.4 Å². The van der Waals surface area contributed by atoms with Crippen LogP contribution >= 0.6 is 0 Å². The first-order valence-corrected chi connectivity index (χ1v) is 13.5. The van der Waals surface area contributed by atoms with Gasteiger partial charge in [0.2, 0.25) is 17.7 Å². The first-order valence-electron chi connectivity index (χ1n) is 13.5. The molecule has 5 rings (SSSR count). The van der Waals surface area contributed by atoms with Gasteiger partial charge in [-0.3, -0.25) is 14.4 Å². The van der Waals surface area contributed by atoms with Crippen LogP contribution in [0.3, 0.4) is 0 Å². The van der Waals surface area contributed by atoms with E-state index in [1.54, 1.807) is 30.9 Å². The molecular formula is C30H35N7O3. The number of nitrogens with zero attached hydrogens (tertiary/aromatic N) is 3. The minimum Gasteiger partial charge on any atom is -0.361 e. The summed E-state index contributed by atoms with van der Waals surface area (Å²) in [6.07, 6.45) is 7.27. The van der Waals surface area contributed by atoms with Crippen LogP contribution in [0.5, 0.6) is 0 Å². The highest BCUT2D eigenvalue weighted by atomic mass is 16.2. The number of hydrogen-bond acceptors (Lipinski definition) is 5. The Hall–Kier alpha value is -4.44. The number of nitrogens with two attached hydrogens (primary N) is 1. The number of anilines is 1. The van der Waals surface area contributed by atoms with Crippen LogP contribution in [0.1, 0.15) is 43.9 Å². The molecule has 2 aromatic carbocycles. The summed E-state index contributed by atoms with van der Waals surface area (Å²) in [6, 6.07) is 15.8. The molecule has 3 amide bonds. The lowest BCUT2D eigenvalue weighted by molar-refractivity contribution is -0.132. The second-order valence-electron chi connectivity index (χ2n) is 10.9. The van der Waals surface area contributed by atoms with E-state index in [4.69, 9.17) is 5.73 Å². The largest absolute Gasteiger partial charge is 0.361 e. The van der Waals surface area contributed by atoms with Crippen LogP contribution in [0.4, 0.5) is 5.82 Å². The summed E-state index contributed by atoms with van der Waals surface area (Å²) >= 11 is 0. The average Bonchev–Trinajstić information content (AvgIpc) is 3.71. The Morgan fingerprint density at radius 2 is 1.75 bits per heavy atom. The molecular weight excluding hydrogens is 506 g/mol. The Labute approximate surface area is 232 Å². The van der Waals surface area contributed by atoms with Gasteiger partial charge in [0, 0.05) is 42.8 Å². The number of para-hydroxylation sites is 1. The van der Waals surface area contributed by atoms with Crippen molar-refractivity contribution in [3.05, 3.63) is 84.4 Å². The summed E-state index contributed by atoms with van der Waals surface area (Å²) in [5.41, 5.74) is 7.51. The van der Waals surface area contributed by atoms with Crippen LogP contribution in [-0.2, 0) is 20.8 Å². The minimum absolute atomic E-state index is 0.00590. The number of rotatable bonds is 9. The molecule has 0 aliphatic carbocycles. The molecule has 2 aromatic heterocycles. The zero-order valence-corrected chi connectivity index (χ0v) is 22.8. The molecule has 5 N–H and O–H groups in total. The monoisotopic (exact) mass is 541 g/mol. The molecule has 208 valence electrons. The van der Waals surface area contributed by atoms with Gasteiger partial charge in [0.1, 0.15) is 12.1 Å². The summed E-state index contributed by atoms with van der Waals surface area (Å²) in [5, 5.41) is 6.61. The van der Waals surface area contributed by atoms with Crippen LogP contribution in [0.15, 0.2) is 73.3 Å². The minimum atomic E-state index is -1.17. The summed E-state index contributed by atoms with van der Waals surface area (Å²) < 4.78 is 1.72. The second-order valence-corrected chi connectivity index (χ2v) is 10.9. The number of aromatic amines is 1. The Morgan fingerprint density at radius 3 is 2.48 bits per heavy atom. The van der Waals surface area contributed by atoms with Crippen molar-refractivity contribution in [3.63, 3.8) is 0 Å². The number of H-pyrrole nitrogens is 1. The maximum atomic E-state index is 13.5. The summed E-state index contributed by atoms with van der Waals surface area (Å²) in [6.45, 7) is 4.64. The number of aromatic nitrogens is 3. The van der Waals surface area contributed by atoms with E-state index in [1.807, 2.05) is 65.7 Å². The van der Waals surface area contributed by atoms with Crippen molar-refractivity contribution in [2.75, 3.05) is 18.4 Å². The van der Waals surface area contributed by atoms with E-state index in [9.17, 15) is 14.4 Å². The topological polar surface area (TPSA) is 138 Å². The molecule has 10 nitrogen and oxygen atoms in total. The van der Waals surface area contributed by atoms with Gasteiger partial charge in [-0.05, 0) is 43.9 Å². The lowest BCUT2D eigenvalue weighted by Gasteiger charge is -2.24. The third-order valence-electron chi connectivity index (χ3n) is 7.22. The van der Waals surface area contributed by atoms with E-state index in [0.717, 1.165) is 48.0 Å². The van der Waals surface area contributed by atoms with E-state index < -0.39 is 29.4 Å². The second kappa shape index (κ2) is 11.4. The molecule has 0 bridgehead atoms. The highest BCUT2D eigenvalue weighted by Crippen LogP contribution is 2.25. The highest BCUT2D eigenvalue weighted by molar-refractivity contribution is 5.98. The lowest BCUT2D eigenvalue weighted by Crippen LogP contribution is -2.55. The predicted molar refractivity (Wildman–Crippen MR) is 153 cm³/mol. The fourth-order valence-corrected chi connectivity index (χ4v) is 5.02. The fourth-order valence-electron chi connectivity index (χ4n) is 5.02. The zero-order valence-electron chi connectivity index (χ0n) is 22.8. The molecule has 40 heavy (non-hydrogen) atoms. The standard InChI is InChI=1S/C30H35N7O3/c1-30(2,31)29(40)34-24(16-21-17-32-23-13-7-6-12-22(21)23)27(38)35-25-18-37(19-33-25)26(20-10-4-3-5-11-20)28(39)36-14-8-9-15-36/h3-7,10-13,17-19,24,26,32H,8-9,14-16,31H2,1-2H3,(H,34,40)(H,35,38). The molecule has 1 fully saturated rings. The molecule has 10 heteroatoms. The molecule has 2 unspecified atom stereocenters. The Bertz CT molecular complexity index is 1500. The molecule has 3 heterocycles. The van der Waals surface area contributed by atoms with Crippen LogP contribution in [0.2, 0.25) is 0 Å². The number of amides is 3.